The molecule has 21 nitrogen and oxygen atoms in total. The van der Waals surface area contributed by atoms with E-state index in [0.717, 1.165) is 0 Å². The molecule has 7 rings (SSSR count). The first-order valence-electron chi connectivity index (χ1n) is 12.7. The van der Waals surface area contributed by atoms with Gasteiger partial charge in [-0.3, -0.25) is 28.0 Å². The number of phosphoric ester groups is 1. The molecule has 3 saturated heterocycles. The van der Waals surface area contributed by atoms with E-state index >= 15 is 0 Å². The highest BCUT2D eigenvalue weighted by molar-refractivity contribution is 7.47. The molecule has 23 heteroatoms. The first-order valence-corrected chi connectivity index (χ1v) is 15.3. The first kappa shape index (κ1) is 28.6. The van der Waals surface area contributed by atoms with Crippen LogP contribution in [0, 0.1) is 0 Å². The Morgan fingerprint density at radius 1 is 1.02 bits per heavy atom. The van der Waals surface area contributed by atoms with Crippen molar-refractivity contribution < 1.29 is 47.0 Å². The van der Waals surface area contributed by atoms with Gasteiger partial charge < -0.3 is 44.9 Å². The minimum absolute atomic E-state index is 0.0385. The topological polar surface area (TPSA) is 292 Å². The summed E-state index contributed by atoms with van der Waals surface area (Å²) < 4.78 is 49.8. The molecule has 0 radical (unpaired) electrons. The Hall–Kier alpha value is -3.20. The van der Waals surface area contributed by atoms with Gasteiger partial charge in [0.25, 0.3) is 5.56 Å². The molecule has 4 aromatic heterocycles. The number of aromatic amines is 1. The lowest BCUT2D eigenvalue weighted by Crippen LogP contribution is -2.35. The van der Waals surface area contributed by atoms with Crippen LogP contribution < -0.4 is 17.0 Å². The summed E-state index contributed by atoms with van der Waals surface area (Å²) in [6.45, 7) is -0.940. The number of nitrogens with one attached hydrogen (secondary N) is 1. The van der Waals surface area contributed by atoms with Gasteiger partial charge in [-0.1, -0.05) is 0 Å². The molecule has 43 heavy (non-hydrogen) atoms. The second kappa shape index (κ2) is 10.8. The number of aliphatic hydroxyl groups excluding tert-OH is 1. The molecule has 3 aliphatic rings. The van der Waals surface area contributed by atoms with Crippen LogP contribution in [0.5, 0.6) is 0 Å². The number of nitrogens with two attached hydrogens (primary N) is 2. The summed E-state index contributed by atoms with van der Waals surface area (Å²) in [4.78, 5) is 56.3. The standard InChI is InChI=1S/C20H24N10O11P2/c21-15-11-16(24-4-23-15)29(5-25-11)10-1-7-8(38-10)3-37-43(34,35)41-14-13(31)9(2-36-42(33)40-7)39-19(14)30-6-26-12-17(30)27-20(22)28-18(12)32/h4-10,13-14,19,31,33H,1-3H2,(H,34,35)(H2,21,23,24)(H3,22,27,28,32)/t7-,8?,9?,10-,13?,14?,19?,42?/m1/s1. The number of aromatic nitrogens is 8. The fourth-order valence-electron chi connectivity index (χ4n) is 5.17. The second-order valence-corrected chi connectivity index (χ2v) is 12.1. The SMILES string of the molecule is Nc1nc2c(ncn2C2OC3COP(O)O[C@@H]4C[C@H](n5cnc6c(N)ncnc65)OC4COP(=O)(O)OC2C3O)c(=O)[nH]1. The van der Waals surface area contributed by atoms with Crippen LogP contribution in [0.3, 0.4) is 0 Å². The smallest absolute Gasteiger partial charge is 0.387 e. The van der Waals surface area contributed by atoms with Crippen molar-refractivity contribution in [1.82, 2.24) is 39.0 Å². The fraction of sp³-hybridized carbons (Fsp3) is 0.500. The van der Waals surface area contributed by atoms with Crippen molar-refractivity contribution in [2.24, 2.45) is 0 Å². The third kappa shape index (κ3) is 5.17. The molecule has 2 bridgehead atoms. The number of anilines is 2. The zero-order valence-corrected chi connectivity index (χ0v) is 23.5. The van der Waals surface area contributed by atoms with Crippen molar-refractivity contribution in [1.29, 1.82) is 0 Å². The van der Waals surface area contributed by atoms with Gasteiger partial charge in [-0.25, -0.2) is 24.5 Å². The van der Waals surface area contributed by atoms with Crippen LogP contribution in [0.15, 0.2) is 23.8 Å². The minimum atomic E-state index is -4.92. The molecular formula is C20H24N10O11P2. The van der Waals surface area contributed by atoms with Gasteiger partial charge in [0, 0.05) is 6.42 Å². The average Bonchev–Trinajstić information content (AvgIpc) is 3.72. The number of H-pyrrole nitrogens is 1. The van der Waals surface area contributed by atoms with Crippen molar-refractivity contribution in [2.75, 3.05) is 24.7 Å². The molecule has 0 amide bonds. The minimum Gasteiger partial charge on any atom is -0.387 e. The van der Waals surface area contributed by atoms with Crippen molar-refractivity contribution in [3.8, 4) is 0 Å². The predicted octanol–water partition coefficient (Wildman–Crippen LogP) is -1.19. The lowest BCUT2D eigenvalue weighted by Gasteiger charge is -2.25. The van der Waals surface area contributed by atoms with Gasteiger partial charge in [0.1, 0.15) is 42.5 Å². The van der Waals surface area contributed by atoms with Gasteiger partial charge in [0.05, 0.1) is 32.0 Å². The van der Waals surface area contributed by atoms with Crippen LogP contribution in [-0.4, -0.2) is 97.7 Å². The van der Waals surface area contributed by atoms with E-state index in [1.807, 2.05) is 0 Å². The summed E-state index contributed by atoms with van der Waals surface area (Å²) >= 11 is 0. The third-order valence-electron chi connectivity index (χ3n) is 7.15. The molecule has 9 atom stereocenters. The highest BCUT2D eigenvalue weighted by Crippen LogP contribution is 2.51. The summed E-state index contributed by atoms with van der Waals surface area (Å²) in [7, 11) is -7.48. The van der Waals surface area contributed by atoms with E-state index < -0.39 is 78.2 Å². The van der Waals surface area contributed by atoms with Gasteiger partial charge in [-0.2, -0.15) is 4.98 Å². The molecule has 7 unspecified atom stereocenters. The molecule has 230 valence electrons. The molecule has 4 aromatic rings. The summed E-state index contributed by atoms with van der Waals surface area (Å²) in [5, 5.41) is 11.0. The number of aliphatic hydroxyl groups is 1. The van der Waals surface area contributed by atoms with E-state index in [1.165, 1.54) is 23.5 Å². The van der Waals surface area contributed by atoms with Crippen LogP contribution in [0.25, 0.3) is 22.3 Å². The lowest BCUT2D eigenvalue weighted by molar-refractivity contribution is -0.0637. The molecule has 0 spiro atoms. The van der Waals surface area contributed by atoms with Crippen LogP contribution in [0.4, 0.5) is 11.8 Å². The molecule has 0 aromatic carbocycles. The molecule has 0 saturated carbocycles. The van der Waals surface area contributed by atoms with Gasteiger partial charge >= 0.3 is 16.4 Å². The molecule has 7 heterocycles. The van der Waals surface area contributed by atoms with Crippen LogP contribution in [-0.2, 0) is 32.1 Å². The Kier molecular flexibility index (Phi) is 7.14. The highest BCUT2D eigenvalue weighted by atomic mass is 31.2. The first-order chi connectivity index (χ1) is 20.6. The third-order valence-corrected chi connectivity index (χ3v) is 8.95. The van der Waals surface area contributed by atoms with Crippen molar-refractivity contribution >= 4 is 50.5 Å². The van der Waals surface area contributed by atoms with Crippen molar-refractivity contribution in [2.45, 2.75) is 49.4 Å². The van der Waals surface area contributed by atoms with E-state index in [4.69, 9.17) is 39.0 Å². The highest BCUT2D eigenvalue weighted by Gasteiger charge is 2.51. The number of phosphoric acid groups is 1. The Morgan fingerprint density at radius 3 is 2.65 bits per heavy atom. The van der Waals surface area contributed by atoms with E-state index in [9.17, 15) is 24.3 Å². The van der Waals surface area contributed by atoms with Crippen molar-refractivity contribution in [3.63, 3.8) is 0 Å². The van der Waals surface area contributed by atoms with E-state index in [1.54, 1.807) is 4.57 Å². The Bertz CT molecular complexity index is 1790. The van der Waals surface area contributed by atoms with Crippen molar-refractivity contribution in [3.05, 3.63) is 29.3 Å². The number of imidazole rings is 2. The van der Waals surface area contributed by atoms with E-state index in [-0.39, 0.29) is 29.4 Å². The number of fused-ring (bicyclic) bond motifs is 5. The fourth-order valence-corrected chi connectivity index (χ4v) is 6.89. The van der Waals surface area contributed by atoms with Crippen LogP contribution in [0.2, 0.25) is 0 Å². The number of hydrogen-bond acceptors (Lipinski definition) is 17. The van der Waals surface area contributed by atoms with Gasteiger partial charge in [-0.15, -0.1) is 0 Å². The van der Waals surface area contributed by atoms with Gasteiger partial charge in [0.15, 0.2) is 28.9 Å². The quantitative estimate of drug-likeness (QED) is 0.140. The molecule has 3 fully saturated rings. The van der Waals surface area contributed by atoms with Gasteiger partial charge in [0.2, 0.25) is 5.95 Å². The Morgan fingerprint density at radius 2 is 1.81 bits per heavy atom. The number of ether oxygens (including phenoxy) is 2. The number of hydrogen-bond donors (Lipinski definition) is 6. The summed E-state index contributed by atoms with van der Waals surface area (Å²) in [6.07, 6.45) is -4.23. The maximum Gasteiger partial charge on any atom is 0.472 e. The Balaban J connectivity index is 1.16. The number of rotatable bonds is 2. The predicted molar refractivity (Wildman–Crippen MR) is 141 cm³/mol. The second-order valence-electron chi connectivity index (χ2n) is 9.79. The molecule has 8 N–H and O–H groups in total. The number of nitrogen functional groups attached to an aromatic ring is 2. The number of nitrogens with zero attached hydrogens (tertiary/aromatic N) is 7. The zero-order valence-electron chi connectivity index (χ0n) is 21.7. The largest absolute Gasteiger partial charge is 0.472 e. The monoisotopic (exact) mass is 642 g/mol. The normalized spacial score (nSPS) is 35.4. The maximum atomic E-state index is 13.2. The maximum absolute atomic E-state index is 13.2. The zero-order chi connectivity index (χ0) is 30.0. The summed E-state index contributed by atoms with van der Waals surface area (Å²) in [6, 6.07) is 0. The summed E-state index contributed by atoms with van der Waals surface area (Å²) in [5.74, 6) is -0.0535. The molecule has 3 aliphatic heterocycles. The van der Waals surface area contributed by atoms with Crippen LogP contribution in [0.1, 0.15) is 18.9 Å². The average molecular weight is 642 g/mol. The van der Waals surface area contributed by atoms with E-state index in [2.05, 4.69) is 29.9 Å². The van der Waals surface area contributed by atoms with E-state index in [0.29, 0.717) is 11.2 Å². The molecular weight excluding hydrogens is 618 g/mol. The van der Waals surface area contributed by atoms with Gasteiger partial charge in [-0.05, 0) is 0 Å². The molecule has 0 aliphatic carbocycles. The summed E-state index contributed by atoms with van der Waals surface area (Å²) in [5.41, 5.74) is 11.5. The lowest BCUT2D eigenvalue weighted by atomic mass is 10.1. The Labute approximate surface area is 240 Å². The van der Waals surface area contributed by atoms with Crippen LogP contribution >= 0.6 is 16.4 Å².